The summed E-state index contributed by atoms with van der Waals surface area (Å²) in [6.45, 7) is 0. The minimum absolute atomic E-state index is 0.265. The Labute approximate surface area is 124 Å². The Morgan fingerprint density at radius 3 is 2.89 bits per heavy atom. The van der Waals surface area contributed by atoms with Crippen molar-refractivity contribution in [1.29, 1.82) is 5.26 Å². The lowest BCUT2D eigenvalue weighted by atomic mass is 10.1. The standard InChI is InChI=1S/C14H11BrN2OS/c15-14-7-11(4-3-10(14)8-16)17-12(9-18)6-13-2-1-5-19-13/h1-5,7,9,12,17H,6H2/t12-/m1/s1. The Bertz CT molecular complexity index is 604. The van der Waals surface area contributed by atoms with E-state index in [1.165, 1.54) is 0 Å². The maximum atomic E-state index is 11.1. The molecular weight excluding hydrogens is 324 g/mol. The van der Waals surface area contributed by atoms with Gasteiger partial charge in [-0.25, -0.2) is 0 Å². The predicted octanol–water partition coefficient (Wildman–Crippen LogP) is 3.60. The molecule has 5 heteroatoms. The van der Waals surface area contributed by atoms with Gasteiger partial charge >= 0.3 is 0 Å². The third kappa shape index (κ3) is 3.66. The van der Waals surface area contributed by atoms with Gasteiger partial charge in [-0.1, -0.05) is 6.07 Å². The van der Waals surface area contributed by atoms with Crippen LogP contribution in [0.2, 0.25) is 0 Å². The fraction of sp³-hybridized carbons (Fsp3) is 0.143. The Hall–Kier alpha value is -1.64. The second-order valence-corrected chi connectivity index (χ2v) is 5.86. The fourth-order valence-corrected chi connectivity index (χ4v) is 2.92. The number of carbonyl (C=O) groups is 1. The van der Waals surface area contributed by atoms with Crippen molar-refractivity contribution < 1.29 is 4.79 Å². The molecule has 1 aromatic carbocycles. The second-order valence-electron chi connectivity index (χ2n) is 3.98. The molecule has 3 nitrogen and oxygen atoms in total. The summed E-state index contributed by atoms with van der Waals surface area (Å²) in [5, 5.41) is 14.0. The number of anilines is 1. The van der Waals surface area contributed by atoms with Crippen molar-refractivity contribution in [3.63, 3.8) is 0 Å². The molecule has 1 atom stereocenters. The number of hydrogen-bond donors (Lipinski definition) is 1. The molecule has 0 fully saturated rings. The van der Waals surface area contributed by atoms with Gasteiger partial charge in [0.25, 0.3) is 0 Å². The van der Waals surface area contributed by atoms with Gasteiger partial charge < -0.3 is 10.1 Å². The molecule has 1 heterocycles. The largest absolute Gasteiger partial charge is 0.375 e. The Morgan fingerprint density at radius 2 is 2.32 bits per heavy atom. The van der Waals surface area contributed by atoms with Gasteiger partial charge in [-0.05, 0) is 45.6 Å². The lowest BCUT2D eigenvalue weighted by Gasteiger charge is -2.13. The summed E-state index contributed by atoms with van der Waals surface area (Å²) in [4.78, 5) is 12.3. The van der Waals surface area contributed by atoms with E-state index in [1.54, 1.807) is 23.5 Å². The molecule has 96 valence electrons. The van der Waals surface area contributed by atoms with Gasteiger partial charge in [0.05, 0.1) is 11.6 Å². The van der Waals surface area contributed by atoms with Gasteiger partial charge in [0.15, 0.2) is 0 Å². The number of nitrogens with one attached hydrogen (secondary N) is 1. The molecule has 0 aliphatic carbocycles. The molecule has 0 saturated carbocycles. The van der Waals surface area contributed by atoms with Crippen molar-refractivity contribution in [2.24, 2.45) is 0 Å². The summed E-state index contributed by atoms with van der Waals surface area (Å²) in [7, 11) is 0. The number of rotatable bonds is 5. The molecule has 0 unspecified atom stereocenters. The Kier molecular flexibility index (Phi) is 4.72. The van der Waals surface area contributed by atoms with Crippen molar-refractivity contribution in [3.8, 4) is 6.07 Å². The van der Waals surface area contributed by atoms with Crippen LogP contribution >= 0.6 is 27.3 Å². The number of thiophene rings is 1. The Morgan fingerprint density at radius 1 is 1.47 bits per heavy atom. The molecule has 0 bridgehead atoms. The third-order valence-electron chi connectivity index (χ3n) is 2.61. The van der Waals surface area contributed by atoms with Crippen molar-refractivity contribution >= 4 is 39.2 Å². The van der Waals surface area contributed by atoms with E-state index in [1.807, 2.05) is 23.6 Å². The second kappa shape index (κ2) is 6.50. The average molecular weight is 335 g/mol. The summed E-state index contributed by atoms with van der Waals surface area (Å²) < 4.78 is 0.723. The van der Waals surface area contributed by atoms with Crippen LogP contribution in [0.3, 0.4) is 0 Å². The molecule has 0 aliphatic rings. The van der Waals surface area contributed by atoms with Crippen LogP contribution in [0, 0.1) is 11.3 Å². The van der Waals surface area contributed by atoms with E-state index >= 15 is 0 Å². The van der Waals surface area contributed by atoms with Crippen LogP contribution in [-0.4, -0.2) is 12.3 Å². The Balaban J connectivity index is 2.08. The molecule has 2 aromatic rings. The quantitative estimate of drug-likeness (QED) is 0.850. The molecule has 0 radical (unpaired) electrons. The van der Waals surface area contributed by atoms with E-state index in [0.717, 1.165) is 21.3 Å². The highest BCUT2D eigenvalue weighted by molar-refractivity contribution is 9.10. The summed E-state index contributed by atoms with van der Waals surface area (Å²) in [6, 6.07) is 11.1. The third-order valence-corrected chi connectivity index (χ3v) is 4.16. The zero-order valence-corrected chi connectivity index (χ0v) is 12.4. The summed E-state index contributed by atoms with van der Waals surface area (Å²) in [6.07, 6.45) is 1.57. The van der Waals surface area contributed by atoms with Crippen LogP contribution in [0.4, 0.5) is 5.69 Å². The average Bonchev–Trinajstić information content (AvgIpc) is 2.91. The van der Waals surface area contributed by atoms with Gasteiger partial charge in [0.1, 0.15) is 12.4 Å². The predicted molar refractivity (Wildman–Crippen MR) is 80.4 cm³/mol. The first kappa shape index (κ1) is 13.8. The highest BCUT2D eigenvalue weighted by Gasteiger charge is 2.10. The molecule has 1 aromatic heterocycles. The molecule has 0 saturated heterocycles. The van der Waals surface area contributed by atoms with E-state index in [-0.39, 0.29) is 6.04 Å². The molecule has 0 aliphatic heterocycles. The van der Waals surface area contributed by atoms with Gasteiger partial charge in [-0.3, -0.25) is 0 Å². The lowest BCUT2D eigenvalue weighted by molar-refractivity contribution is -0.108. The number of benzene rings is 1. The summed E-state index contributed by atoms with van der Waals surface area (Å²) >= 11 is 4.97. The molecular formula is C14H11BrN2OS. The van der Waals surface area contributed by atoms with Crippen molar-refractivity contribution in [3.05, 3.63) is 50.6 Å². The van der Waals surface area contributed by atoms with E-state index < -0.39 is 0 Å². The maximum absolute atomic E-state index is 11.1. The van der Waals surface area contributed by atoms with Gasteiger partial charge in [-0.15, -0.1) is 11.3 Å². The van der Waals surface area contributed by atoms with Crippen molar-refractivity contribution in [2.75, 3.05) is 5.32 Å². The number of nitriles is 1. The van der Waals surface area contributed by atoms with Gasteiger partial charge in [0, 0.05) is 21.5 Å². The summed E-state index contributed by atoms with van der Waals surface area (Å²) in [5.41, 5.74) is 1.39. The number of halogens is 1. The molecule has 0 spiro atoms. The monoisotopic (exact) mass is 334 g/mol. The minimum atomic E-state index is -0.265. The van der Waals surface area contributed by atoms with E-state index in [9.17, 15) is 4.79 Å². The maximum Gasteiger partial charge on any atom is 0.142 e. The van der Waals surface area contributed by atoms with Crippen molar-refractivity contribution in [2.45, 2.75) is 12.5 Å². The first-order valence-corrected chi connectivity index (χ1v) is 7.34. The normalized spacial score (nSPS) is 11.6. The highest BCUT2D eigenvalue weighted by atomic mass is 79.9. The number of nitrogens with zero attached hydrogens (tertiary/aromatic N) is 1. The lowest BCUT2D eigenvalue weighted by Crippen LogP contribution is -2.23. The van der Waals surface area contributed by atoms with E-state index in [4.69, 9.17) is 5.26 Å². The van der Waals surface area contributed by atoms with Crippen LogP contribution in [0.5, 0.6) is 0 Å². The molecule has 2 rings (SSSR count). The summed E-state index contributed by atoms with van der Waals surface area (Å²) in [5.74, 6) is 0. The molecule has 19 heavy (non-hydrogen) atoms. The number of aldehydes is 1. The minimum Gasteiger partial charge on any atom is -0.375 e. The highest BCUT2D eigenvalue weighted by Crippen LogP contribution is 2.22. The van der Waals surface area contributed by atoms with Crippen LogP contribution in [0.1, 0.15) is 10.4 Å². The van der Waals surface area contributed by atoms with Crippen molar-refractivity contribution in [1.82, 2.24) is 0 Å². The van der Waals surface area contributed by atoms with Crippen LogP contribution in [0.15, 0.2) is 40.2 Å². The van der Waals surface area contributed by atoms with E-state index in [0.29, 0.717) is 12.0 Å². The smallest absolute Gasteiger partial charge is 0.142 e. The van der Waals surface area contributed by atoms with Crippen LogP contribution < -0.4 is 5.32 Å². The van der Waals surface area contributed by atoms with Crippen LogP contribution in [0.25, 0.3) is 0 Å². The zero-order chi connectivity index (χ0) is 13.7. The zero-order valence-electron chi connectivity index (χ0n) is 9.97. The first-order chi connectivity index (χ1) is 9.22. The van der Waals surface area contributed by atoms with Gasteiger partial charge in [0.2, 0.25) is 0 Å². The van der Waals surface area contributed by atoms with Gasteiger partial charge in [-0.2, -0.15) is 5.26 Å². The van der Waals surface area contributed by atoms with E-state index in [2.05, 4.69) is 27.3 Å². The fourth-order valence-electron chi connectivity index (χ4n) is 1.69. The number of carbonyl (C=O) groups excluding carboxylic acids is 1. The first-order valence-electron chi connectivity index (χ1n) is 5.67. The SMILES string of the molecule is N#Cc1ccc(N[C@@H](C=O)Cc2cccs2)cc1Br. The van der Waals surface area contributed by atoms with Crippen LogP contribution in [-0.2, 0) is 11.2 Å². The topological polar surface area (TPSA) is 52.9 Å². The molecule has 0 amide bonds. The number of hydrogen-bond acceptors (Lipinski definition) is 4. The molecule has 1 N–H and O–H groups in total.